The summed E-state index contributed by atoms with van der Waals surface area (Å²) in [6.45, 7) is 5.53. The molecule has 6 heteroatoms. The highest BCUT2D eigenvalue weighted by Crippen LogP contribution is 2.19. The van der Waals surface area contributed by atoms with Crippen LogP contribution in [0.5, 0.6) is 0 Å². The number of ether oxygens (including phenoxy) is 1. The summed E-state index contributed by atoms with van der Waals surface area (Å²) < 4.78 is 5.17. The van der Waals surface area contributed by atoms with Crippen molar-refractivity contribution in [2.75, 3.05) is 6.54 Å². The summed E-state index contributed by atoms with van der Waals surface area (Å²) in [5.74, 6) is -0.420. The van der Waals surface area contributed by atoms with E-state index in [1.54, 1.807) is 20.8 Å². The highest BCUT2D eigenvalue weighted by molar-refractivity contribution is 7.80. The smallest absolute Gasteiger partial charge is 0.407 e. The van der Waals surface area contributed by atoms with Crippen LogP contribution in [0.15, 0.2) is 30.3 Å². The van der Waals surface area contributed by atoms with Crippen LogP contribution in [0, 0.1) is 0 Å². The minimum atomic E-state index is -1.02. The van der Waals surface area contributed by atoms with Gasteiger partial charge < -0.3 is 20.9 Å². The molecule has 0 aliphatic carbocycles. The zero-order valence-corrected chi connectivity index (χ0v) is 13.3. The molecular formula is C15H22N2O3S. The van der Waals surface area contributed by atoms with E-state index in [1.165, 1.54) is 0 Å². The number of nitrogens with two attached hydrogens (primary N) is 1. The molecule has 2 unspecified atom stereocenters. The highest BCUT2D eigenvalue weighted by atomic mass is 32.1. The quantitative estimate of drug-likeness (QED) is 0.724. The van der Waals surface area contributed by atoms with Crippen LogP contribution in [-0.2, 0) is 4.74 Å². The largest absolute Gasteiger partial charge is 0.444 e. The van der Waals surface area contributed by atoms with Crippen LogP contribution in [0.4, 0.5) is 4.79 Å². The molecular weight excluding hydrogens is 288 g/mol. The Bertz CT molecular complexity index is 485. The van der Waals surface area contributed by atoms with Crippen molar-refractivity contribution in [1.29, 1.82) is 0 Å². The molecule has 0 radical (unpaired) electrons. The van der Waals surface area contributed by atoms with Crippen LogP contribution in [0.3, 0.4) is 0 Å². The molecule has 0 fully saturated rings. The Balaban J connectivity index is 2.76. The van der Waals surface area contributed by atoms with Crippen LogP contribution >= 0.6 is 12.2 Å². The Morgan fingerprint density at radius 2 is 1.95 bits per heavy atom. The SMILES string of the molecule is CC(C)(C)OC(=O)NCC(c1ccccc1)C(O)C(N)=S. The van der Waals surface area contributed by atoms with Crippen molar-refractivity contribution in [3.63, 3.8) is 0 Å². The van der Waals surface area contributed by atoms with Gasteiger partial charge in [0.25, 0.3) is 0 Å². The molecule has 0 aromatic heterocycles. The molecule has 0 bridgehead atoms. The lowest BCUT2D eigenvalue weighted by Gasteiger charge is -2.24. The van der Waals surface area contributed by atoms with Crippen molar-refractivity contribution in [3.05, 3.63) is 35.9 Å². The minimum Gasteiger partial charge on any atom is -0.444 e. The Morgan fingerprint density at radius 1 is 1.38 bits per heavy atom. The number of nitrogens with one attached hydrogen (secondary N) is 1. The molecule has 116 valence electrons. The molecule has 5 nitrogen and oxygen atoms in total. The fraction of sp³-hybridized carbons (Fsp3) is 0.467. The maximum absolute atomic E-state index is 11.7. The van der Waals surface area contributed by atoms with Gasteiger partial charge in [0.05, 0.1) is 0 Å². The Hall–Kier alpha value is -1.66. The van der Waals surface area contributed by atoms with E-state index in [0.29, 0.717) is 0 Å². The second-order valence-electron chi connectivity index (χ2n) is 5.75. The summed E-state index contributed by atoms with van der Waals surface area (Å²) in [7, 11) is 0. The van der Waals surface area contributed by atoms with Gasteiger partial charge in [-0.15, -0.1) is 0 Å². The molecule has 1 aromatic rings. The Labute approximate surface area is 130 Å². The number of hydrogen-bond acceptors (Lipinski definition) is 4. The average molecular weight is 310 g/mol. The maximum atomic E-state index is 11.7. The second-order valence-corrected chi connectivity index (χ2v) is 6.22. The van der Waals surface area contributed by atoms with Gasteiger partial charge in [-0.2, -0.15) is 0 Å². The molecule has 0 saturated carbocycles. The van der Waals surface area contributed by atoms with Crippen LogP contribution in [0.1, 0.15) is 32.3 Å². The van der Waals surface area contributed by atoms with E-state index >= 15 is 0 Å². The van der Waals surface area contributed by atoms with Crippen molar-refractivity contribution >= 4 is 23.3 Å². The predicted octanol–water partition coefficient (Wildman–Crippen LogP) is 1.94. The first-order valence-electron chi connectivity index (χ1n) is 6.70. The van der Waals surface area contributed by atoms with E-state index in [-0.39, 0.29) is 11.5 Å². The normalized spacial score (nSPS) is 14.1. The zero-order valence-electron chi connectivity index (χ0n) is 12.5. The molecule has 1 aromatic carbocycles. The Morgan fingerprint density at radius 3 is 2.43 bits per heavy atom. The monoisotopic (exact) mass is 310 g/mol. The third kappa shape index (κ3) is 6.10. The van der Waals surface area contributed by atoms with Gasteiger partial charge in [-0.25, -0.2) is 4.79 Å². The summed E-state index contributed by atoms with van der Waals surface area (Å²) >= 11 is 4.85. The summed E-state index contributed by atoms with van der Waals surface area (Å²) in [6.07, 6.45) is -1.56. The van der Waals surface area contributed by atoms with Gasteiger partial charge in [-0.1, -0.05) is 42.5 Å². The third-order valence-corrected chi connectivity index (χ3v) is 3.01. The van der Waals surface area contributed by atoms with Gasteiger partial charge >= 0.3 is 6.09 Å². The maximum Gasteiger partial charge on any atom is 0.407 e. The van der Waals surface area contributed by atoms with Crippen molar-refractivity contribution < 1.29 is 14.6 Å². The number of carbonyl (C=O) groups excluding carboxylic acids is 1. The fourth-order valence-corrected chi connectivity index (χ4v) is 1.98. The van der Waals surface area contributed by atoms with Crippen molar-refractivity contribution in [2.45, 2.75) is 38.4 Å². The lowest BCUT2D eigenvalue weighted by Crippen LogP contribution is -2.41. The summed E-state index contributed by atoms with van der Waals surface area (Å²) in [5, 5.41) is 12.8. The van der Waals surface area contributed by atoms with Crippen LogP contribution in [-0.4, -0.2) is 34.4 Å². The van der Waals surface area contributed by atoms with Gasteiger partial charge in [0.15, 0.2) is 0 Å². The van der Waals surface area contributed by atoms with E-state index in [1.807, 2.05) is 30.3 Å². The van der Waals surface area contributed by atoms with E-state index in [2.05, 4.69) is 5.32 Å². The number of rotatable bonds is 5. The third-order valence-electron chi connectivity index (χ3n) is 2.77. The van der Waals surface area contributed by atoms with Crippen molar-refractivity contribution in [2.24, 2.45) is 5.73 Å². The first-order valence-corrected chi connectivity index (χ1v) is 7.10. The lowest BCUT2D eigenvalue weighted by atomic mass is 9.93. The molecule has 0 aliphatic heterocycles. The first-order chi connectivity index (χ1) is 9.70. The van der Waals surface area contributed by atoms with Crippen LogP contribution < -0.4 is 11.1 Å². The molecule has 1 rings (SSSR count). The van der Waals surface area contributed by atoms with Crippen LogP contribution in [0.2, 0.25) is 0 Å². The Kier molecular flexibility index (Phi) is 6.11. The number of amides is 1. The van der Waals surface area contributed by atoms with Crippen molar-refractivity contribution in [3.8, 4) is 0 Å². The zero-order chi connectivity index (χ0) is 16.0. The van der Waals surface area contributed by atoms with Gasteiger partial charge in [0.2, 0.25) is 0 Å². The number of aliphatic hydroxyl groups excluding tert-OH is 1. The van der Waals surface area contributed by atoms with Gasteiger partial charge in [0, 0.05) is 12.5 Å². The second kappa shape index (κ2) is 7.38. The fourth-order valence-electron chi connectivity index (χ4n) is 1.82. The standard InChI is InChI=1S/C15H22N2O3S/c1-15(2,3)20-14(19)17-9-11(12(18)13(16)21)10-7-5-4-6-8-10/h4-8,11-12,18H,9H2,1-3H3,(H2,16,21)(H,17,19). The minimum absolute atomic E-state index is 0.00478. The van der Waals surface area contributed by atoms with E-state index in [4.69, 9.17) is 22.7 Å². The van der Waals surface area contributed by atoms with E-state index in [9.17, 15) is 9.90 Å². The van der Waals surface area contributed by atoms with Gasteiger partial charge in [-0.3, -0.25) is 0 Å². The molecule has 21 heavy (non-hydrogen) atoms. The number of benzene rings is 1. The average Bonchev–Trinajstić information content (AvgIpc) is 2.37. The summed E-state index contributed by atoms with van der Waals surface area (Å²) in [5.41, 5.74) is 5.79. The number of alkyl carbamates (subject to hydrolysis) is 1. The molecule has 0 heterocycles. The molecule has 2 atom stereocenters. The molecule has 0 saturated heterocycles. The van der Waals surface area contributed by atoms with Gasteiger partial charge in [0.1, 0.15) is 16.7 Å². The van der Waals surface area contributed by atoms with Crippen LogP contribution in [0.25, 0.3) is 0 Å². The lowest BCUT2D eigenvalue weighted by molar-refractivity contribution is 0.0517. The number of thiocarbonyl (C=S) groups is 1. The number of carbonyl (C=O) groups is 1. The predicted molar refractivity (Wildman–Crippen MR) is 86.2 cm³/mol. The van der Waals surface area contributed by atoms with E-state index < -0.39 is 23.7 Å². The topological polar surface area (TPSA) is 84.6 Å². The summed E-state index contributed by atoms with van der Waals surface area (Å²) in [4.78, 5) is 11.7. The van der Waals surface area contributed by atoms with E-state index in [0.717, 1.165) is 5.56 Å². The molecule has 1 amide bonds. The summed E-state index contributed by atoms with van der Waals surface area (Å²) in [6, 6.07) is 9.27. The van der Waals surface area contributed by atoms with Gasteiger partial charge in [-0.05, 0) is 26.3 Å². The highest BCUT2D eigenvalue weighted by Gasteiger charge is 2.25. The number of hydrogen-bond donors (Lipinski definition) is 3. The number of aliphatic hydroxyl groups is 1. The molecule has 0 spiro atoms. The van der Waals surface area contributed by atoms with Crippen molar-refractivity contribution in [1.82, 2.24) is 5.32 Å². The molecule has 4 N–H and O–H groups in total. The molecule has 0 aliphatic rings. The first kappa shape index (κ1) is 17.4.